The van der Waals surface area contributed by atoms with Crippen LogP contribution in [0.1, 0.15) is 55.7 Å². The Kier molecular flexibility index (Phi) is 3.76. The highest BCUT2D eigenvalue weighted by Gasteiger charge is 2.42. The molecule has 4 rings (SSSR count). The minimum Gasteiger partial charge on any atom is -0.312 e. The van der Waals surface area contributed by atoms with E-state index in [1.54, 1.807) is 11.1 Å². The molecule has 21 heavy (non-hydrogen) atoms. The topological polar surface area (TPSA) is 15.3 Å². The molecule has 1 saturated carbocycles. The summed E-state index contributed by atoms with van der Waals surface area (Å²) in [6.45, 7) is 1.32. The Morgan fingerprint density at radius 3 is 2.71 bits per heavy atom. The van der Waals surface area contributed by atoms with Gasteiger partial charge in [0.2, 0.25) is 0 Å². The fraction of sp³-hybridized carbons (Fsp3) is 0.684. The second-order valence-electron chi connectivity index (χ2n) is 7.23. The van der Waals surface area contributed by atoms with Gasteiger partial charge in [0.1, 0.15) is 0 Å². The Bertz CT molecular complexity index is 496. The quantitative estimate of drug-likeness (QED) is 0.894. The minimum atomic E-state index is 0.530. The highest BCUT2D eigenvalue weighted by atomic mass is 15.2. The highest BCUT2D eigenvalue weighted by molar-refractivity contribution is 5.37. The number of likely N-dealkylation sites (tertiary alicyclic amines) is 1. The summed E-state index contributed by atoms with van der Waals surface area (Å²) in [5.74, 6) is 0.980. The molecule has 1 N–H and O–H groups in total. The lowest BCUT2D eigenvalue weighted by Crippen LogP contribution is -2.54. The summed E-state index contributed by atoms with van der Waals surface area (Å²) in [6.07, 6.45) is 9.95. The van der Waals surface area contributed by atoms with E-state index in [0.717, 1.165) is 12.0 Å². The number of rotatable bonds is 2. The van der Waals surface area contributed by atoms with Crippen LogP contribution in [0.5, 0.6) is 0 Å². The lowest BCUT2D eigenvalue weighted by Gasteiger charge is -2.48. The molecule has 4 unspecified atom stereocenters. The molecule has 114 valence electrons. The predicted molar refractivity (Wildman–Crippen MR) is 87.4 cm³/mol. The maximum atomic E-state index is 3.62. The van der Waals surface area contributed by atoms with Gasteiger partial charge in [-0.1, -0.05) is 37.1 Å². The van der Waals surface area contributed by atoms with E-state index >= 15 is 0 Å². The van der Waals surface area contributed by atoms with E-state index in [4.69, 9.17) is 0 Å². The zero-order valence-corrected chi connectivity index (χ0v) is 13.2. The molecule has 4 atom stereocenters. The molecule has 1 aromatic rings. The van der Waals surface area contributed by atoms with E-state index in [9.17, 15) is 0 Å². The number of nitrogens with one attached hydrogen (secondary N) is 1. The third kappa shape index (κ3) is 2.33. The van der Waals surface area contributed by atoms with Crippen molar-refractivity contribution in [1.29, 1.82) is 0 Å². The van der Waals surface area contributed by atoms with Crippen molar-refractivity contribution < 1.29 is 0 Å². The molecule has 1 aromatic carbocycles. The van der Waals surface area contributed by atoms with E-state index < -0.39 is 0 Å². The van der Waals surface area contributed by atoms with Crippen molar-refractivity contribution in [2.75, 3.05) is 13.6 Å². The second-order valence-corrected chi connectivity index (χ2v) is 7.23. The first kappa shape index (κ1) is 13.8. The van der Waals surface area contributed by atoms with Crippen molar-refractivity contribution in [3.05, 3.63) is 35.4 Å². The first-order valence-electron chi connectivity index (χ1n) is 8.89. The van der Waals surface area contributed by atoms with Crippen LogP contribution in [-0.4, -0.2) is 30.6 Å². The number of hydrogen-bond acceptors (Lipinski definition) is 2. The summed E-state index contributed by atoms with van der Waals surface area (Å²) in [5.41, 5.74) is 3.11. The van der Waals surface area contributed by atoms with Crippen LogP contribution in [0.15, 0.2) is 24.3 Å². The summed E-state index contributed by atoms with van der Waals surface area (Å²) >= 11 is 0. The van der Waals surface area contributed by atoms with Gasteiger partial charge in [0.05, 0.1) is 0 Å². The molecule has 0 spiro atoms. The fourth-order valence-corrected chi connectivity index (χ4v) is 5.31. The fourth-order valence-electron chi connectivity index (χ4n) is 5.31. The van der Waals surface area contributed by atoms with Crippen LogP contribution < -0.4 is 5.32 Å². The molecular weight excluding hydrogens is 256 g/mol. The molecule has 2 fully saturated rings. The van der Waals surface area contributed by atoms with Gasteiger partial charge < -0.3 is 5.32 Å². The molecule has 0 aromatic heterocycles. The van der Waals surface area contributed by atoms with Crippen LogP contribution in [-0.2, 0) is 6.42 Å². The summed E-state index contributed by atoms with van der Waals surface area (Å²) in [4.78, 5) is 2.90. The smallest absolute Gasteiger partial charge is 0.0481 e. The number of fused-ring (bicyclic) bond motifs is 2. The molecule has 3 aliphatic rings. The van der Waals surface area contributed by atoms with Crippen molar-refractivity contribution in [3.8, 4) is 0 Å². The molecule has 2 aliphatic carbocycles. The number of likely N-dealkylation sites (N-methyl/N-ethyl adjacent to an activating group) is 1. The van der Waals surface area contributed by atoms with Crippen molar-refractivity contribution >= 4 is 0 Å². The summed E-state index contributed by atoms with van der Waals surface area (Å²) in [6, 6.07) is 11.1. The zero-order chi connectivity index (χ0) is 14.2. The molecular formula is C19H28N2. The van der Waals surface area contributed by atoms with Gasteiger partial charge in [0.25, 0.3) is 0 Å². The third-order valence-electron chi connectivity index (χ3n) is 6.23. The van der Waals surface area contributed by atoms with Gasteiger partial charge in [-0.2, -0.15) is 0 Å². The molecule has 0 amide bonds. The highest BCUT2D eigenvalue weighted by Crippen LogP contribution is 2.41. The normalized spacial score (nSPS) is 36.2. The molecule has 2 heteroatoms. The first-order chi connectivity index (χ1) is 10.4. The number of benzene rings is 1. The summed E-state index contributed by atoms with van der Waals surface area (Å²) in [7, 11) is 2.14. The second kappa shape index (κ2) is 5.73. The summed E-state index contributed by atoms with van der Waals surface area (Å²) < 4.78 is 0. The van der Waals surface area contributed by atoms with Gasteiger partial charge in [0, 0.05) is 18.1 Å². The Morgan fingerprint density at radius 1 is 1.00 bits per heavy atom. The number of hydrogen-bond donors (Lipinski definition) is 1. The van der Waals surface area contributed by atoms with E-state index in [-0.39, 0.29) is 0 Å². The number of nitrogens with zero attached hydrogens (tertiary/aromatic N) is 1. The third-order valence-corrected chi connectivity index (χ3v) is 6.23. The van der Waals surface area contributed by atoms with Gasteiger partial charge in [-0.05, 0) is 62.7 Å². The van der Waals surface area contributed by atoms with E-state index in [1.165, 1.54) is 51.5 Å². The van der Waals surface area contributed by atoms with Gasteiger partial charge >= 0.3 is 0 Å². The van der Waals surface area contributed by atoms with Crippen LogP contribution in [0.25, 0.3) is 0 Å². The van der Waals surface area contributed by atoms with Crippen molar-refractivity contribution in [3.63, 3.8) is 0 Å². The minimum absolute atomic E-state index is 0.530. The van der Waals surface area contributed by atoms with Crippen molar-refractivity contribution in [2.45, 2.75) is 63.1 Å². The van der Waals surface area contributed by atoms with Gasteiger partial charge in [-0.15, -0.1) is 0 Å². The zero-order valence-electron chi connectivity index (χ0n) is 13.2. The van der Waals surface area contributed by atoms with Gasteiger partial charge in [0.15, 0.2) is 0 Å². The van der Waals surface area contributed by atoms with E-state index in [0.29, 0.717) is 12.1 Å². The molecule has 2 nitrogen and oxygen atoms in total. The average molecular weight is 284 g/mol. The van der Waals surface area contributed by atoms with Crippen LogP contribution in [0.4, 0.5) is 0 Å². The Hall–Kier alpha value is -0.860. The van der Waals surface area contributed by atoms with E-state index in [1.807, 2.05) is 0 Å². The molecule has 1 saturated heterocycles. The van der Waals surface area contributed by atoms with Gasteiger partial charge in [-0.3, -0.25) is 4.90 Å². The molecule has 1 heterocycles. The van der Waals surface area contributed by atoms with Crippen molar-refractivity contribution in [2.24, 2.45) is 5.92 Å². The van der Waals surface area contributed by atoms with Gasteiger partial charge in [-0.25, -0.2) is 0 Å². The Labute approximate surface area is 128 Å². The molecule has 1 aliphatic heterocycles. The lowest BCUT2D eigenvalue weighted by atomic mass is 9.77. The summed E-state index contributed by atoms with van der Waals surface area (Å²) in [5, 5.41) is 3.62. The Balaban J connectivity index is 1.61. The van der Waals surface area contributed by atoms with Crippen LogP contribution >= 0.6 is 0 Å². The van der Waals surface area contributed by atoms with Crippen LogP contribution in [0, 0.1) is 5.92 Å². The first-order valence-corrected chi connectivity index (χ1v) is 8.89. The maximum absolute atomic E-state index is 3.62. The molecule has 0 radical (unpaired) electrons. The molecule has 0 bridgehead atoms. The number of piperidine rings is 1. The predicted octanol–water partition coefficient (Wildman–Crippen LogP) is 3.53. The van der Waals surface area contributed by atoms with Crippen LogP contribution in [0.3, 0.4) is 0 Å². The van der Waals surface area contributed by atoms with Crippen LogP contribution in [0.2, 0.25) is 0 Å². The standard InChI is InChI=1S/C19H28N2/c1-20-19-16-10-4-2-8-15(16)13-18(19)21-12-6-9-14-7-3-5-11-17(14)21/h2,4,8,10,14,17-20H,3,5-7,9,11-13H2,1H3. The van der Waals surface area contributed by atoms with Crippen molar-refractivity contribution in [1.82, 2.24) is 10.2 Å². The maximum Gasteiger partial charge on any atom is 0.0481 e. The average Bonchev–Trinajstić information content (AvgIpc) is 2.92. The monoisotopic (exact) mass is 284 g/mol. The van der Waals surface area contributed by atoms with E-state index in [2.05, 4.69) is 41.5 Å². The largest absolute Gasteiger partial charge is 0.312 e. The lowest BCUT2D eigenvalue weighted by molar-refractivity contribution is 0.0172. The Morgan fingerprint density at radius 2 is 1.81 bits per heavy atom. The SMILES string of the molecule is CNC1c2ccccc2CC1N1CCCC2CCCCC21.